The summed E-state index contributed by atoms with van der Waals surface area (Å²) in [7, 11) is 1.56. The Morgan fingerprint density at radius 3 is 2.54 bits per heavy atom. The molecule has 0 unspecified atom stereocenters. The molecule has 1 N–H and O–H groups in total. The fraction of sp³-hybridized carbons (Fsp3) is 0.133. The van der Waals surface area contributed by atoms with Crippen LogP contribution in [-0.2, 0) is 9.59 Å². The zero-order valence-corrected chi connectivity index (χ0v) is 26.1. The largest absolute Gasteiger partial charge is 0.497 e. The first-order chi connectivity index (χ1) is 19.7. The van der Waals surface area contributed by atoms with Crippen LogP contribution in [0.4, 0.5) is 5.69 Å². The van der Waals surface area contributed by atoms with Crippen molar-refractivity contribution < 1.29 is 19.1 Å². The van der Waals surface area contributed by atoms with Crippen molar-refractivity contribution in [1.82, 2.24) is 4.57 Å². The highest BCUT2D eigenvalue weighted by molar-refractivity contribution is 9.11. The summed E-state index contributed by atoms with van der Waals surface area (Å²) in [5.74, 6) is 0.0153. The summed E-state index contributed by atoms with van der Waals surface area (Å²) in [6.07, 6.45) is 1.66. The highest BCUT2D eigenvalue weighted by Gasteiger charge is 2.33. The number of para-hydroxylation sites is 1. The highest BCUT2D eigenvalue weighted by Crippen LogP contribution is 2.34. The van der Waals surface area contributed by atoms with Gasteiger partial charge in [-0.25, -0.2) is 4.99 Å². The van der Waals surface area contributed by atoms with E-state index >= 15 is 0 Å². The molecule has 0 saturated heterocycles. The standard InChI is InChI=1S/C30H23Br2N3O5S/c1-16-25(28(37)34-21-9-5-4-6-10-21)26(18-8-7-11-22(13-18)39-3)35-29(38)24(41-30(35)33-16)14-19-12-20(31)15-23(32)27(19)40-17(2)36/h4-15,26H,1-3H3,(H,34,37)/b24-14-/t26-/m1/s1. The zero-order valence-electron chi connectivity index (χ0n) is 22.1. The Morgan fingerprint density at radius 2 is 1.83 bits per heavy atom. The summed E-state index contributed by atoms with van der Waals surface area (Å²) in [6.45, 7) is 3.07. The van der Waals surface area contributed by atoms with E-state index in [0.29, 0.717) is 47.6 Å². The Kier molecular flexibility index (Phi) is 8.39. The van der Waals surface area contributed by atoms with Crippen molar-refractivity contribution in [3.8, 4) is 11.5 Å². The molecule has 11 heteroatoms. The molecule has 41 heavy (non-hydrogen) atoms. The number of halogens is 2. The molecule has 2 heterocycles. The zero-order chi connectivity index (χ0) is 29.3. The molecule has 1 aliphatic rings. The van der Waals surface area contributed by atoms with Crippen LogP contribution in [0, 0.1) is 0 Å². The summed E-state index contributed by atoms with van der Waals surface area (Å²) in [5, 5.41) is 2.94. The molecule has 5 rings (SSSR count). The van der Waals surface area contributed by atoms with E-state index in [1.54, 1.807) is 56.5 Å². The van der Waals surface area contributed by atoms with Gasteiger partial charge in [0.05, 0.1) is 33.4 Å². The molecular formula is C30H23Br2N3O5S. The number of allylic oxidation sites excluding steroid dienone is 1. The molecule has 0 saturated carbocycles. The molecule has 1 aliphatic heterocycles. The first-order valence-corrected chi connectivity index (χ1v) is 14.8. The number of benzene rings is 3. The lowest BCUT2D eigenvalue weighted by molar-refractivity contribution is -0.132. The minimum absolute atomic E-state index is 0.287. The summed E-state index contributed by atoms with van der Waals surface area (Å²) < 4.78 is 14.0. The highest BCUT2D eigenvalue weighted by atomic mass is 79.9. The van der Waals surface area contributed by atoms with Crippen LogP contribution in [0.3, 0.4) is 0 Å². The van der Waals surface area contributed by atoms with Gasteiger partial charge in [0.1, 0.15) is 5.75 Å². The number of nitrogens with zero attached hydrogens (tertiary/aromatic N) is 2. The molecule has 4 aromatic rings. The van der Waals surface area contributed by atoms with E-state index in [-0.39, 0.29) is 17.2 Å². The predicted octanol–water partition coefficient (Wildman–Crippen LogP) is 5.33. The first kappa shape index (κ1) is 28.7. The fourth-order valence-corrected chi connectivity index (χ4v) is 6.92. The third-order valence-electron chi connectivity index (χ3n) is 6.28. The van der Waals surface area contributed by atoms with Crippen LogP contribution in [0.5, 0.6) is 11.5 Å². The Hall–Kier alpha value is -3.80. The van der Waals surface area contributed by atoms with Gasteiger partial charge in [-0.2, -0.15) is 0 Å². The fourth-order valence-electron chi connectivity index (χ4n) is 4.54. The number of esters is 1. The maximum absolute atomic E-state index is 14.1. The Bertz CT molecular complexity index is 1900. The molecule has 0 radical (unpaired) electrons. The summed E-state index contributed by atoms with van der Waals surface area (Å²) in [5.41, 5.74) is 2.32. The number of hydrogen-bond acceptors (Lipinski definition) is 7. The summed E-state index contributed by atoms with van der Waals surface area (Å²) in [6, 6.07) is 19.1. The average molecular weight is 697 g/mol. The number of aromatic nitrogens is 1. The van der Waals surface area contributed by atoms with Gasteiger partial charge >= 0.3 is 5.97 Å². The van der Waals surface area contributed by atoms with Crippen molar-refractivity contribution >= 4 is 66.8 Å². The molecule has 0 fully saturated rings. The van der Waals surface area contributed by atoms with Crippen molar-refractivity contribution in [2.45, 2.75) is 19.9 Å². The lowest BCUT2D eigenvalue weighted by atomic mass is 9.95. The topological polar surface area (TPSA) is 99.0 Å². The number of carbonyl (C=O) groups excluding carboxylic acids is 2. The van der Waals surface area contributed by atoms with E-state index < -0.39 is 12.0 Å². The lowest BCUT2D eigenvalue weighted by Crippen LogP contribution is -2.40. The maximum Gasteiger partial charge on any atom is 0.308 e. The van der Waals surface area contributed by atoms with Crippen LogP contribution >= 0.6 is 43.2 Å². The lowest BCUT2D eigenvalue weighted by Gasteiger charge is -2.25. The van der Waals surface area contributed by atoms with Gasteiger partial charge in [-0.3, -0.25) is 19.0 Å². The number of amides is 1. The molecule has 1 aromatic heterocycles. The van der Waals surface area contributed by atoms with E-state index in [4.69, 9.17) is 9.47 Å². The van der Waals surface area contributed by atoms with Gasteiger partial charge in [-0.05, 0) is 70.9 Å². The SMILES string of the molecule is COc1cccc([C@@H]2C(C(=O)Nc3ccccc3)=C(C)N=c3s/c(=C\c4cc(Br)cc(Br)c4OC(C)=O)c(=O)n32)c1. The monoisotopic (exact) mass is 695 g/mol. The first-order valence-electron chi connectivity index (χ1n) is 12.4. The van der Waals surface area contributed by atoms with Crippen LogP contribution in [0.1, 0.15) is 31.0 Å². The van der Waals surface area contributed by atoms with Crippen molar-refractivity contribution in [1.29, 1.82) is 0 Å². The van der Waals surface area contributed by atoms with Gasteiger partial charge in [0.25, 0.3) is 11.5 Å². The number of fused-ring (bicyclic) bond motifs is 1. The van der Waals surface area contributed by atoms with Crippen LogP contribution in [0.2, 0.25) is 0 Å². The minimum Gasteiger partial charge on any atom is -0.497 e. The molecule has 0 aliphatic carbocycles. The van der Waals surface area contributed by atoms with E-state index in [1.807, 2.05) is 30.3 Å². The Labute approximate surface area is 255 Å². The van der Waals surface area contributed by atoms with Crippen molar-refractivity contribution in [3.63, 3.8) is 0 Å². The van der Waals surface area contributed by atoms with Crippen molar-refractivity contribution in [2.75, 3.05) is 12.4 Å². The van der Waals surface area contributed by atoms with Crippen LogP contribution < -0.4 is 29.7 Å². The number of hydrogen-bond donors (Lipinski definition) is 1. The summed E-state index contributed by atoms with van der Waals surface area (Å²) in [4.78, 5) is 44.7. The molecule has 0 bridgehead atoms. The van der Waals surface area contributed by atoms with Gasteiger partial charge in [0.2, 0.25) is 0 Å². The normalized spacial score (nSPS) is 14.8. The van der Waals surface area contributed by atoms with Gasteiger partial charge in [-0.1, -0.05) is 57.6 Å². The van der Waals surface area contributed by atoms with Crippen molar-refractivity contribution in [2.24, 2.45) is 4.99 Å². The summed E-state index contributed by atoms with van der Waals surface area (Å²) >= 11 is 8.09. The molecular weight excluding hydrogens is 674 g/mol. The molecule has 1 amide bonds. The molecule has 208 valence electrons. The Morgan fingerprint density at radius 1 is 1.07 bits per heavy atom. The maximum atomic E-state index is 14.1. The smallest absolute Gasteiger partial charge is 0.308 e. The second-order valence-corrected chi connectivity index (χ2v) is 11.9. The minimum atomic E-state index is -0.769. The number of rotatable bonds is 6. The average Bonchev–Trinajstić information content (AvgIpc) is 3.24. The predicted molar refractivity (Wildman–Crippen MR) is 165 cm³/mol. The van der Waals surface area contributed by atoms with E-state index in [0.717, 1.165) is 4.47 Å². The van der Waals surface area contributed by atoms with Crippen molar-refractivity contribution in [3.05, 3.63) is 118 Å². The van der Waals surface area contributed by atoms with Gasteiger partial charge < -0.3 is 14.8 Å². The Balaban J connectivity index is 1.71. The number of carbonyl (C=O) groups is 2. The second kappa shape index (κ2) is 12.0. The molecule has 8 nitrogen and oxygen atoms in total. The van der Waals surface area contributed by atoms with Gasteiger partial charge in [0, 0.05) is 22.6 Å². The second-order valence-electron chi connectivity index (χ2n) is 9.08. The number of methoxy groups -OCH3 is 1. The molecule has 1 atom stereocenters. The van der Waals surface area contributed by atoms with E-state index in [1.165, 1.54) is 22.8 Å². The number of nitrogens with one attached hydrogen (secondary N) is 1. The van der Waals surface area contributed by atoms with Crippen LogP contribution in [-0.4, -0.2) is 23.6 Å². The number of thiazole rings is 1. The molecule has 3 aromatic carbocycles. The third kappa shape index (κ3) is 5.97. The van der Waals surface area contributed by atoms with Gasteiger partial charge in [0.15, 0.2) is 10.6 Å². The van der Waals surface area contributed by atoms with Crippen LogP contribution in [0.15, 0.2) is 96.7 Å². The van der Waals surface area contributed by atoms with Gasteiger partial charge in [-0.15, -0.1) is 0 Å². The number of ether oxygens (including phenoxy) is 2. The third-order valence-corrected chi connectivity index (χ3v) is 8.31. The van der Waals surface area contributed by atoms with Crippen LogP contribution in [0.25, 0.3) is 6.08 Å². The van der Waals surface area contributed by atoms with E-state index in [2.05, 4.69) is 42.2 Å². The van der Waals surface area contributed by atoms with E-state index in [9.17, 15) is 14.4 Å². The quantitative estimate of drug-likeness (QED) is 0.217. The molecule has 0 spiro atoms. The number of anilines is 1.